The van der Waals surface area contributed by atoms with Crippen molar-refractivity contribution < 1.29 is 14.7 Å². The first-order valence-electron chi connectivity index (χ1n) is 7.96. The highest BCUT2D eigenvalue weighted by atomic mass is 79.9. The van der Waals surface area contributed by atoms with Crippen LogP contribution >= 0.6 is 15.9 Å². The highest BCUT2D eigenvalue weighted by Crippen LogP contribution is 2.24. The van der Waals surface area contributed by atoms with E-state index in [1.165, 1.54) is 6.08 Å². The number of anilines is 1. The highest BCUT2D eigenvalue weighted by molar-refractivity contribution is 9.10. The second-order valence-electron chi connectivity index (χ2n) is 5.76. The SMILES string of the molecule is N#C/C(=C/c1cn(CC(=O)O)c2ccccc12)C(=O)Nc1cccc(Br)c1. The van der Waals surface area contributed by atoms with Gasteiger partial charge in [0.2, 0.25) is 0 Å². The van der Waals surface area contributed by atoms with E-state index >= 15 is 0 Å². The van der Waals surface area contributed by atoms with Gasteiger partial charge in [0, 0.05) is 32.8 Å². The maximum atomic E-state index is 12.5. The zero-order chi connectivity index (χ0) is 19.4. The van der Waals surface area contributed by atoms with Gasteiger partial charge in [-0.25, -0.2) is 0 Å². The lowest BCUT2D eigenvalue weighted by Gasteiger charge is -2.04. The van der Waals surface area contributed by atoms with E-state index in [0.29, 0.717) is 11.3 Å². The van der Waals surface area contributed by atoms with E-state index in [1.54, 1.807) is 41.1 Å². The van der Waals surface area contributed by atoms with Crippen molar-refractivity contribution in [2.75, 3.05) is 5.32 Å². The van der Waals surface area contributed by atoms with Gasteiger partial charge in [0.05, 0.1) is 0 Å². The number of benzene rings is 2. The summed E-state index contributed by atoms with van der Waals surface area (Å²) in [6.45, 7) is -0.208. The Morgan fingerprint density at radius 3 is 2.70 bits per heavy atom. The van der Waals surface area contributed by atoms with E-state index in [1.807, 2.05) is 24.3 Å². The molecule has 0 saturated carbocycles. The van der Waals surface area contributed by atoms with Crippen molar-refractivity contribution in [3.63, 3.8) is 0 Å². The minimum Gasteiger partial charge on any atom is -0.480 e. The molecule has 1 amide bonds. The molecule has 1 aromatic heterocycles. The molecule has 0 fully saturated rings. The van der Waals surface area contributed by atoms with Crippen molar-refractivity contribution in [2.24, 2.45) is 0 Å². The minimum absolute atomic E-state index is 0.0757. The Hall–Kier alpha value is -3.37. The molecule has 2 N–H and O–H groups in total. The summed E-state index contributed by atoms with van der Waals surface area (Å²) in [4.78, 5) is 23.5. The number of amides is 1. The number of aliphatic carboxylic acids is 1. The molecule has 0 atom stereocenters. The summed E-state index contributed by atoms with van der Waals surface area (Å²) >= 11 is 3.33. The maximum Gasteiger partial charge on any atom is 0.323 e. The van der Waals surface area contributed by atoms with Crippen LogP contribution in [0.4, 0.5) is 5.69 Å². The zero-order valence-corrected chi connectivity index (χ0v) is 15.6. The number of hydrogen-bond donors (Lipinski definition) is 2. The van der Waals surface area contributed by atoms with Gasteiger partial charge >= 0.3 is 5.97 Å². The van der Waals surface area contributed by atoms with Crippen molar-refractivity contribution in [1.29, 1.82) is 5.26 Å². The number of halogens is 1. The Morgan fingerprint density at radius 1 is 1.22 bits per heavy atom. The molecule has 0 aliphatic carbocycles. The molecule has 2 aromatic carbocycles. The number of nitriles is 1. The van der Waals surface area contributed by atoms with Gasteiger partial charge in [-0.1, -0.05) is 40.2 Å². The number of nitrogens with zero attached hydrogens (tertiary/aromatic N) is 2. The summed E-state index contributed by atoms with van der Waals surface area (Å²) in [5, 5.41) is 22.0. The van der Waals surface area contributed by atoms with Crippen LogP contribution in [-0.2, 0) is 16.1 Å². The molecule has 0 radical (unpaired) electrons. The average Bonchev–Trinajstić information content (AvgIpc) is 2.96. The van der Waals surface area contributed by atoms with Crippen LogP contribution in [0.15, 0.2) is 64.8 Å². The number of carboxylic acids is 1. The summed E-state index contributed by atoms with van der Waals surface area (Å²) < 4.78 is 2.38. The molecule has 0 aliphatic rings. The van der Waals surface area contributed by atoms with Crippen molar-refractivity contribution in [2.45, 2.75) is 6.54 Å². The van der Waals surface area contributed by atoms with Gasteiger partial charge in [0.25, 0.3) is 5.91 Å². The first kappa shape index (κ1) is 18.4. The molecular formula is C20H14BrN3O3. The molecule has 3 rings (SSSR count). The zero-order valence-electron chi connectivity index (χ0n) is 14.0. The predicted molar refractivity (Wildman–Crippen MR) is 106 cm³/mol. The van der Waals surface area contributed by atoms with Gasteiger partial charge in [0.15, 0.2) is 0 Å². The maximum absolute atomic E-state index is 12.5. The number of carbonyl (C=O) groups is 2. The number of hydrogen-bond acceptors (Lipinski definition) is 3. The number of para-hydroxylation sites is 1. The van der Waals surface area contributed by atoms with E-state index in [0.717, 1.165) is 15.4 Å². The Morgan fingerprint density at radius 2 is 2.00 bits per heavy atom. The molecule has 27 heavy (non-hydrogen) atoms. The Balaban J connectivity index is 1.97. The molecule has 0 spiro atoms. The highest BCUT2D eigenvalue weighted by Gasteiger charge is 2.13. The fraction of sp³-hybridized carbons (Fsp3) is 0.0500. The van der Waals surface area contributed by atoms with Crippen molar-refractivity contribution >= 4 is 50.5 Å². The van der Waals surface area contributed by atoms with E-state index in [-0.39, 0.29) is 12.1 Å². The summed E-state index contributed by atoms with van der Waals surface area (Å²) in [7, 11) is 0. The molecule has 6 nitrogen and oxygen atoms in total. The third-order valence-corrected chi connectivity index (χ3v) is 4.37. The van der Waals surface area contributed by atoms with Gasteiger partial charge < -0.3 is 15.0 Å². The van der Waals surface area contributed by atoms with Crippen molar-refractivity contribution in [3.05, 3.63) is 70.3 Å². The molecule has 1 heterocycles. The summed E-state index contributed by atoms with van der Waals surface area (Å²) in [6, 6.07) is 16.2. The lowest BCUT2D eigenvalue weighted by molar-refractivity contribution is -0.137. The normalized spacial score (nSPS) is 11.2. The lowest BCUT2D eigenvalue weighted by atomic mass is 10.1. The fourth-order valence-electron chi connectivity index (χ4n) is 2.74. The van der Waals surface area contributed by atoms with Crippen molar-refractivity contribution in [3.8, 4) is 6.07 Å². The average molecular weight is 424 g/mol. The Kier molecular flexibility index (Phi) is 5.38. The third kappa shape index (κ3) is 4.25. The first-order valence-corrected chi connectivity index (χ1v) is 8.75. The minimum atomic E-state index is -0.973. The molecule has 0 unspecified atom stereocenters. The van der Waals surface area contributed by atoms with Gasteiger partial charge in [-0.3, -0.25) is 9.59 Å². The Labute approximate surface area is 163 Å². The van der Waals surface area contributed by atoms with E-state index in [2.05, 4.69) is 21.2 Å². The van der Waals surface area contributed by atoms with Crippen LogP contribution in [0, 0.1) is 11.3 Å². The largest absolute Gasteiger partial charge is 0.480 e. The van der Waals surface area contributed by atoms with Gasteiger partial charge in [-0.15, -0.1) is 0 Å². The fourth-order valence-corrected chi connectivity index (χ4v) is 3.13. The van der Waals surface area contributed by atoms with Crippen LogP contribution in [0.25, 0.3) is 17.0 Å². The summed E-state index contributed by atoms with van der Waals surface area (Å²) in [5.74, 6) is -1.51. The topological polar surface area (TPSA) is 95.1 Å². The number of rotatable bonds is 5. The van der Waals surface area contributed by atoms with Gasteiger partial charge in [0.1, 0.15) is 18.2 Å². The monoisotopic (exact) mass is 423 g/mol. The molecule has 0 bridgehead atoms. The number of nitrogens with one attached hydrogen (secondary N) is 1. The third-order valence-electron chi connectivity index (χ3n) is 3.87. The standard InChI is InChI=1S/C20H14BrN3O3/c21-15-4-3-5-16(9-15)23-20(27)13(10-22)8-14-11-24(12-19(25)26)18-7-2-1-6-17(14)18/h1-9,11H,12H2,(H,23,27)(H,25,26)/b13-8-. The smallest absolute Gasteiger partial charge is 0.323 e. The molecule has 134 valence electrons. The van der Waals surface area contributed by atoms with E-state index in [9.17, 15) is 14.9 Å². The Bertz CT molecular complexity index is 1110. The first-order chi connectivity index (χ1) is 13.0. The van der Waals surface area contributed by atoms with Crippen LogP contribution in [0.5, 0.6) is 0 Å². The lowest BCUT2D eigenvalue weighted by Crippen LogP contribution is -2.13. The van der Waals surface area contributed by atoms with Gasteiger partial charge in [-0.2, -0.15) is 5.26 Å². The molecule has 7 heteroatoms. The molecule has 3 aromatic rings. The van der Waals surface area contributed by atoms with Crippen LogP contribution in [0.2, 0.25) is 0 Å². The van der Waals surface area contributed by atoms with Gasteiger partial charge in [-0.05, 0) is 30.3 Å². The second kappa shape index (κ2) is 7.89. The number of aromatic nitrogens is 1. The van der Waals surface area contributed by atoms with Crippen LogP contribution in [-0.4, -0.2) is 21.6 Å². The van der Waals surface area contributed by atoms with E-state index in [4.69, 9.17) is 5.11 Å². The number of carbonyl (C=O) groups excluding carboxylic acids is 1. The van der Waals surface area contributed by atoms with Crippen molar-refractivity contribution in [1.82, 2.24) is 4.57 Å². The summed E-state index contributed by atoms with van der Waals surface area (Å²) in [6.07, 6.45) is 3.09. The van der Waals surface area contributed by atoms with E-state index < -0.39 is 11.9 Å². The second-order valence-corrected chi connectivity index (χ2v) is 6.67. The molecule has 0 aliphatic heterocycles. The number of carboxylic acid groups (broad SMARTS) is 1. The summed E-state index contributed by atoms with van der Waals surface area (Å²) in [5.41, 5.74) is 1.81. The molecular weight excluding hydrogens is 410 g/mol. The predicted octanol–water partition coefficient (Wildman–Crippen LogP) is 4.03. The molecule has 0 saturated heterocycles. The van der Waals surface area contributed by atoms with Crippen LogP contribution in [0.1, 0.15) is 5.56 Å². The van der Waals surface area contributed by atoms with Crippen LogP contribution < -0.4 is 5.32 Å². The quantitative estimate of drug-likeness (QED) is 0.478. The van der Waals surface area contributed by atoms with Crippen LogP contribution in [0.3, 0.4) is 0 Å². The number of fused-ring (bicyclic) bond motifs is 1.